The summed E-state index contributed by atoms with van der Waals surface area (Å²) in [5.74, 6) is -0.626. The second-order valence-electron chi connectivity index (χ2n) is 9.85. The number of aromatic nitrogens is 2. The first-order valence-corrected chi connectivity index (χ1v) is 14.1. The van der Waals surface area contributed by atoms with Crippen molar-refractivity contribution in [1.29, 1.82) is 0 Å². The molecule has 0 bridgehead atoms. The minimum atomic E-state index is -4.28. The molecule has 0 spiro atoms. The van der Waals surface area contributed by atoms with Gasteiger partial charge in [-0.05, 0) is 74.7 Å². The summed E-state index contributed by atoms with van der Waals surface area (Å²) in [7, 11) is -4.28. The Kier molecular flexibility index (Phi) is 8.49. The lowest BCUT2D eigenvalue weighted by Crippen LogP contribution is -2.31. The molecule has 2 aromatic carbocycles. The Labute approximate surface area is 236 Å². The van der Waals surface area contributed by atoms with Gasteiger partial charge in [0.1, 0.15) is 22.9 Å². The number of rotatable bonds is 9. The minimum absolute atomic E-state index is 0. The number of aryl methyl sites for hydroxylation is 3. The standard InChI is InChI=1S/C30H30FN3O5S.2H2/c1-18(2)17-38-24-15-22(14-23(31)16-24)26-11-10-25(30(33-26)39-27-12-9-19(3)13-20(27)4)29(35)34-40(36,37)28-8-6-7-21(5)32-28;;/h6-16,18H,17H2,1-5H3,(H,34,35);2*1H. The zero-order valence-electron chi connectivity index (χ0n) is 22.9. The summed E-state index contributed by atoms with van der Waals surface area (Å²) in [6.45, 7) is 9.78. The molecule has 4 aromatic rings. The maximum atomic E-state index is 14.5. The van der Waals surface area contributed by atoms with Crippen LogP contribution in [0.25, 0.3) is 11.3 Å². The number of hydrogen-bond donors (Lipinski definition) is 1. The van der Waals surface area contributed by atoms with E-state index in [0.29, 0.717) is 35.1 Å². The van der Waals surface area contributed by atoms with E-state index < -0.39 is 21.7 Å². The molecule has 0 aliphatic carbocycles. The average molecular weight is 568 g/mol. The van der Waals surface area contributed by atoms with E-state index in [-0.39, 0.29) is 25.2 Å². The summed E-state index contributed by atoms with van der Waals surface area (Å²) < 4.78 is 54.1. The number of ether oxygens (including phenoxy) is 2. The van der Waals surface area contributed by atoms with Crippen molar-refractivity contribution in [2.45, 2.75) is 39.6 Å². The van der Waals surface area contributed by atoms with Crippen molar-refractivity contribution in [3.63, 3.8) is 0 Å². The predicted octanol–water partition coefficient (Wildman–Crippen LogP) is 6.65. The first-order chi connectivity index (χ1) is 18.9. The third kappa shape index (κ3) is 7.01. The topological polar surface area (TPSA) is 107 Å². The molecule has 1 N–H and O–H groups in total. The smallest absolute Gasteiger partial charge is 0.281 e. The third-order valence-corrected chi connectivity index (χ3v) is 6.99. The Morgan fingerprint density at radius 1 is 1.00 bits per heavy atom. The van der Waals surface area contributed by atoms with Crippen molar-refractivity contribution in [2.75, 3.05) is 6.61 Å². The van der Waals surface area contributed by atoms with E-state index in [4.69, 9.17) is 9.47 Å². The molecule has 1 amide bonds. The van der Waals surface area contributed by atoms with Gasteiger partial charge in [-0.3, -0.25) is 4.79 Å². The van der Waals surface area contributed by atoms with Gasteiger partial charge >= 0.3 is 0 Å². The second kappa shape index (κ2) is 11.8. The molecule has 0 saturated heterocycles. The number of amides is 1. The second-order valence-corrected chi connectivity index (χ2v) is 11.5. The lowest BCUT2D eigenvalue weighted by Gasteiger charge is -2.15. The van der Waals surface area contributed by atoms with Crippen molar-refractivity contribution in [1.82, 2.24) is 14.7 Å². The molecule has 8 nitrogen and oxygen atoms in total. The molecule has 4 rings (SSSR count). The quantitative estimate of drug-likeness (QED) is 0.241. The fourth-order valence-electron chi connectivity index (χ4n) is 3.82. The van der Waals surface area contributed by atoms with Crippen molar-refractivity contribution < 1.29 is 29.9 Å². The molecule has 0 aliphatic rings. The summed E-state index contributed by atoms with van der Waals surface area (Å²) in [6.07, 6.45) is 0. The predicted molar refractivity (Wildman–Crippen MR) is 154 cm³/mol. The highest BCUT2D eigenvalue weighted by Gasteiger charge is 2.24. The number of halogens is 1. The van der Waals surface area contributed by atoms with E-state index in [1.165, 1.54) is 36.4 Å². The monoisotopic (exact) mass is 567 g/mol. The molecule has 212 valence electrons. The molecule has 2 heterocycles. The molecular weight excluding hydrogens is 533 g/mol. The van der Waals surface area contributed by atoms with E-state index >= 15 is 0 Å². The van der Waals surface area contributed by atoms with Crippen LogP contribution in [0.15, 0.2) is 71.8 Å². The van der Waals surface area contributed by atoms with Gasteiger partial charge in [-0.2, -0.15) is 8.42 Å². The van der Waals surface area contributed by atoms with Crippen LogP contribution in [0.2, 0.25) is 0 Å². The van der Waals surface area contributed by atoms with E-state index in [1.807, 2.05) is 44.5 Å². The number of carbonyl (C=O) groups is 1. The van der Waals surface area contributed by atoms with Crippen molar-refractivity contribution in [3.05, 3.63) is 94.9 Å². The number of sulfonamides is 1. The summed E-state index contributed by atoms with van der Waals surface area (Å²) in [5, 5.41) is -0.295. The van der Waals surface area contributed by atoms with Crippen LogP contribution in [-0.4, -0.2) is 30.9 Å². The maximum Gasteiger partial charge on any atom is 0.281 e. The number of benzene rings is 2. The van der Waals surface area contributed by atoms with Gasteiger partial charge in [0.2, 0.25) is 5.88 Å². The van der Waals surface area contributed by atoms with E-state index in [2.05, 4.69) is 9.97 Å². The first-order valence-electron chi connectivity index (χ1n) is 12.6. The molecule has 40 heavy (non-hydrogen) atoms. The Bertz CT molecular complexity index is 1680. The molecule has 0 unspecified atom stereocenters. The minimum Gasteiger partial charge on any atom is -0.493 e. The Hall–Kier alpha value is -4.31. The van der Waals surface area contributed by atoms with Gasteiger partial charge in [0.15, 0.2) is 5.03 Å². The van der Waals surface area contributed by atoms with Crippen LogP contribution < -0.4 is 14.2 Å². The molecule has 0 fully saturated rings. The molecular formula is C30H34FN3O5S. The van der Waals surface area contributed by atoms with Gasteiger partial charge in [-0.25, -0.2) is 19.1 Å². The molecule has 0 saturated carbocycles. The average Bonchev–Trinajstić information content (AvgIpc) is 2.88. The Balaban J connectivity index is 0.00000308. The van der Waals surface area contributed by atoms with Crippen molar-refractivity contribution in [2.24, 2.45) is 5.92 Å². The fraction of sp³-hybridized carbons (Fsp3) is 0.233. The zero-order valence-corrected chi connectivity index (χ0v) is 23.7. The van der Waals surface area contributed by atoms with Crippen LogP contribution >= 0.6 is 0 Å². The van der Waals surface area contributed by atoms with E-state index in [9.17, 15) is 17.6 Å². The highest BCUT2D eigenvalue weighted by molar-refractivity contribution is 7.90. The number of hydrogen-bond acceptors (Lipinski definition) is 7. The molecule has 0 aliphatic heterocycles. The number of nitrogens with one attached hydrogen (secondary N) is 1. The zero-order chi connectivity index (χ0) is 29.0. The third-order valence-electron chi connectivity index (χ3n) is 5.76. The van der Waals surface area contributed by atoms with E-state index in [1.54, 1.807) is 25.1 Å². The maximum absolute atomic E-state index is 14.5. The summed E-state index contributed by atoms with van der Waals surface area (Å²) in [6, 6.07) is 17.0. The van der Waals surface area contributed by atoms with Crippen LogP contribution in [0.3, 0.4) is 0 Å². The van der Waals surface area contributed by atoms with Crippen LogP contribution in [-0.2, 0) is 10.0 Å². The van der Waals surface area contributed by atoms with Crippen molar-refractivity contribution in [3.8, 4) is 28.6 Å². The Morgan fingerprint density at radius 3 is 2.48 bits per heavy atom. The number of nitrogens with zero attached hydrogens (tertiary/aromatic N) is 2. The fourth-order valence-corrected chi connectivity index (χ4v) is 4.80. The lowest BCUT2D eigenvalue weighted by molar-refractivity contribution is 0.0978. The molecule has 10 heteroatoms. The van der Waals surface area contributed by atoms with Crippen LogP contribution in [0.5, 0.6) is 17.4 Å². The van der Waals surface area contributed by atoms with Gasteiger partial charge < -0.3 is 9.47 Å². The van der Waals surface area contributed by atoms with Gasteiger partial charge in [-0.1, -0.05) is 37.6 Å². The van der Waals surface area contributed by atoms with Crippen LogP contribution in [0, 0.1) is 32.5 Å². The largest absolute Gasteiger partial charge is 0.493 e. The van der Waals surface area contributed by atoms with Gasteiger partial charge in [0, 0.05) is 20.2 Å². The molecule has 0 radical (unpaired) electrons. The highest BCUT2D eigenvalue weighted by atomic mass is 32.2. The normalized spacial score (nSPS) is 11.4. The van der Waals surface area contributed by atoms with Gasteiger partial charge in [0.25, 0.3) is 15.9 Å². The van der Waals surface area contributed by atoms with E-state index in [0.717, 1.165) is 11.1 Å². The summed E-state index contributed by atoms with van der Waals surface area (Å²) in [5.41, 5.74) is 2.83. The summed E-state index contributed by atoms with van der Waals surface area (Å²) >= 11 is 0. The van der Waals surface area contributed by atoms with Crippen molar-refractivity contribution >= 4 is 15.9 Å². The van der Waals surface area contributed by atoms with Crippen LogP contribution in [0.1, 0.15) is 43.9 Å². The number of pyridine rings is 2. The molecule has 2 aromatic heterocycles. The Morgan fingerprint density at radius 2 is 1.77 bits per heavy atom. The molecule has 0 atom stereocenters. The lowest BCUT2D eigenvalue weighted by atomic mass is 10.1. The van der Waals surface area contributed by atoms with Gasteiger partial charge in [-0.15, -0.1) is 0 Å². The SMILES string of the molecule is Cc1ccc(Oc2nc(-c3cc(F)cc(OCC(C)C)c3)ccc2C(=O)NS(=O)(=O)c2cccc(C)n2)c(C)c1.[HH].[HH]. The summed E-state index contributed by atoms with van der Waals surface area (Å²) in [4.78, 5) is 21.8. The first kappa shape index (κ1) is 28.7. The highest BCUT2D eigenvalue weighted by Crippen LogP contribution is 2.32. The number of carbonyl (C=O) groups excluding carboxylic acids is 1. The van der Waals surface area contributed by atoms with Crippen LogP contribution in [0.4, 0.5) is 4.39 Å². The van der Waals surface area contributed by atoms with Gasteiger partial charge in [0.05, 0.1) is 12.3 Å².